The van der Waals surface area contributed by atoms with Crippen LogP contribution >= 0.6 is 23.1 Å². The minimum atomic E-state index is -0.337. The Labute approximate surface area is 152 Å². The van der Waals surface area contributed by atoms with Crippen molar-refractivity contribution in [3.05, 3.63) is 30.6 Å². The molecule has 1 aromatic carbocycles. The Hall–Kier alpha value is -2.46. The number of aryl methyl sites for hydroxylation is 1. The highest BCUT2D eigenvalue weighted by Gasteiger charge is 2.19. The quantitative estimate of drug-likeness (QED) is 0.660. The molecule has 0 radical (unpaired) electrons. The van der Waals surface area contributed by atoms with Crippen LogP contribution in [0.15, 0.2) is 35.7 Å². The van der Waals surface area contributed by atoms with Crippen LogP contribution in [0, 0.1) is 0 Å². The Morgan fingerprint density at radius 3 is 2.68 bits per heavy atom. The molecule has 130 valence electrons. The van der Waals surface area contributed by atoms with E-state index in [0.29, 0.717) is 10.3 Å². The first kappa shape index (κ1) is 17.4. The molecular weight excluding hydrogens is 360 g/mol. The second-order valence-corrected chi connectivity index (χ2v) is 7.40. The monoisotopic (exact) mass is 376 g/mol. The minimum absolute atomic E-state index is 0.162. The molecule has 3 rings (SSSR count). The second-order valence-electron chi connectivity index (χ2n) is 5.11. The average Bonchev–Trinajstić information content (AvgIpc) is 3.24. The number of carbonyl (C=O) groups is 1. The first-order valence-corrected chi connectivity index (χ1v) is 9.06. The predicted molar refractivity (Wildman–Crippen MR) is 96.8 cm³/mol. The Kier molecular flexibility index (Phi) is 5.29. The SMILES string of the molecule is COc1ccc(-c2nnc(NC(=O)[C@@H](C)Sc3nncn3C)s2)cc1. The van der Waals surface area contributed by atoms with Crippen LogP contribution in [0.3, 0.4) is 0 Å². The minimum Gasteiger partial charge on any atom is -0.497 e. The first-order valence-electron chi connectivity index (χ1n) is 7.36. The summed E-state index contributed by atoms with van der Waals surface area (Å²) in [6.45, 7) is 1.81. The molecule has 0 aliphatic heterocycles. The van der Waals surface area contributed by atoms with Crippen molar-refractivity contribution in [2.75, 3.05) is 12.4 Å². The molecule has 0 spiro atoms. The van der Waals surface area contributed by atoms with E-state index < -0.39 is 0 Å². The normalized spacial score (nSPS) is 12.0. The third-order valence-electron chi connectivity index (χ3n) is 3.31. The van der Waals surface area contributed by atoms with E-state index in [2.05, 4.69) is 25.7 Å². The van der Waals surface area contributed by atoms with E-state index >= 15 is 0 Å². The number of ether oxygens (including phenoxy) is 1. The second kappa shape index (κ2) is 7.62. The van der Waals surface area contributed by atoms with Crippen molar-refractivity contribution in [2.45, 2.75) is 17.3 Å². The van der Waals surface area contributed by atoms with Crippen LogP contribution in [0.2, 0.25) is 0 Å². The fourth-order valence-electron chi connectivity index (χ4n) is 1.92. The van der Waals surface area contributed by atoms with Crippen LogP contribution in [0.5, 0.6) is 5.75 Å². The maximum Gasteiger partial charge on any atom is 0.239 e. The molecule has 0 aliphatic rings. The fraction of sp³-hybridized carbons (Fsp3) is 0.267. The number of hydrogen-bond donors (Lipinski definition) is 1. The molecular formula is C15H16N6O2S2. The summed E-state index contributed by atoms with van der Waals surface area (Å²) in [7, 11) is 3.45. The van der Waals surface area contributed by atoms with Crippen LogP contribution in [0.1, 0.15) is 6.92 Å². The Balaban J connectivity index is 1.64. The summed E-state index contributed by atoms with van der Waals surface area (Å²) in [5, 5.41) is 20.2. The van der Waals surface area contributed by atoms with Gasteiger partial charge in [0.1, 0.15) is 17.1 Å². The zero-order valence-electron chi connectivity index (χ0n) is 13.8. The topological polar surface area (TPSA) is 94.8 Å². The number of thioether (sulfide) groups is 1. The lowest BCUT2D eigenvalue weighted by Crippen LogP contribution is -2.22. The molecule has 2 heterocycles. The van der Waals surface area contributed by atoms with Crippen LogP contribution in [-0.2, 0) is 11.8 Å². The van der Waals surface area contributed by atoms with Crippen molar-refractivity contribution in [3.63, 3.8) is 0 Å². The molecule has 0 saturated heterocycles. The lowest BCUT2D eigenvalue weighted by Gasteiger charge is -2.08. The van der Waals surface area contributed by atoms with Crippen molar-refractivity contribution < 1.29 is 9.53 Å². The van der Waals surface area contributed by atoms with Crippen LogP contribution in [-0.4, -0.2) is 43.2 Å². The van der Waals surface area contributed by atoms with Gasteiger partial charge in [-0.2, -0.15) is 0 Å². The summed E-state index contributed by atoms with van der Waals surface area (Å²) in [4.78, 5) is 12.3. The van der Waals surface area contributed by atoms with Gasteiger partial charge in [0.2, 0.25) is 11.0 Å². The number of carbonyl (C=O) groups excluding carboxylic acids is 1. The zero-order valence-corrected chi connectivity index (χ0v) is 15.5. The number of hydrogen-bond acceptors (Lipinski definition) is 8. The Bertz CT molecular complexity index is 861. The van der Waals surface area contributed by atoms with Crippen LogP contribution < -0.4 is 10.1 Å². The van der Waals surface area contributed by atoms with Crippen LogP contribution in [0.4, 0.5) is 5.13 Å². The molecule has 0 saturated carbocycles. The maximum absolute atomic E-state index is 12.3. The molecule has 25 heavy (non-hydrogen) atoms. The molecule has 0 fully saturated rings. The van der Waals surface area contributed by atoms with Gasteiger partial charge in [0, 0.05) is 12.6 Å². The Morgan fingerprint density at radius 2 is 2.04 bits per heavy atom. The molecule has 0 aliphatic carbocycles. The molecule has 2 aromatic heterocycles. The summed E-state index contributed by atoms with van der Waals surface area (Å²) in [6, 6.07) is 7.51. The van der Waals surface area contributed by atoms with Gasteiger partial charge in [-0.3, -0.25) is 10.1 Å². The number of rotatable bonds is 6. The number of methoxy groups -OCH3 is 1. The zero-order chi connectivity index (χ0) is 17.8. The van der Waals surface area contributed by atoms with Gasteiger partial charge in [0.15, 0.2) is 5.16 Å². The summed E-state index contributed by atoms with van der Waals surface area (Å²) in [5.74, 6) is 0.613. The highest BCUT2D eigenvalue weighted by molar-refractivity contribution is 8.00. The van der Waals surface area contributed by atoms with E-state index in [-0.39, 0.29) is 11.2 Å². The third-order valence-corrected chi connectivity index (χ3v) is 5.35. The van der Waals surface area contributed by atoms with Crippen molar-refractivity contribution in [1.82, 2.24) is 25.0 Å². The van der Waals surface area contributed by atoms with Gasteiger partial charge in [-0.25, -0.2) is 0 Å². The van der Waals surface area contributed by atoms with Crippen molar-refractivity contribution in [2.24, 2.45) is 7.05 Å². The molecule has 1 amide bonds. The van der Waals surface area contributed by atoms with Gasteiger partial charge < -0.3 is 9.30 Å². The maximum atomic E-state index is 12.3. The molecule has 0 bridgehead atoms. The summed E-state index contributed by atoms with van der Waals surface area (Å²) < 4.78 is 6.90. The number of benzene rings is 1. The highest BCUT2D eigenvalue weighted by Crippen LogP contribution is 2.28. The van der Waals surface area contributed by atoms with Crippen molar-refractivity contribution in [1.29, 1.82) is 0 Å². The molecule has 1 atom stereocenters. The van der Waals surface area contributed by atoms with Gasteiger partial charge in [0.25, 0.3) is 0 Å². The predicted octanol–water partition coefficient (Wildman–Crippen LogP) is 2.46. The van der Waals surface area contributed by atoms with E-state index in [1.165, 1.54) is 23.1 Å². The number of aromatic nitrogens is 5. The van der Waals surface area contributed by atoms with Gasteiger partial charge in [0.05, 0.1) is 12.4 Å². The number of nitrogens with zero attached hydrogens (tertiary/aromatic N) is 5. The summed E-state index contributed by atoms with van der Waals surface area (Å²) in [6.07, 6.45) is 1.60. The molecule has 10 heteroatoms. The fourth-order valence-corrected chi connectivity index (χ4v) is 3.46. The average molecular weight is 376 g/mol. The third kappa shape index (κ3) is 4.15. The number of amides is 1. The van der Waals surface area contributed by atoms with E-state index in [1.807, 2.05) is 31.3 Å². The largest absolute Gasteiger partial charge is 0.497 e. The smallest absolute Gasteiger partial charge is 0.239 e. The molecule has 1 N–H and O–H groups in total. The summed E-state index contributed by atoms with van der Waals surface area (Å²) >= 11 is 2.65. The lowest BCUT2D eigenvalue weighted by molar-refractivity contribution is -0.115. The van der Waals surface area contributed by atoms with Gasteiger partial charge in [-0.05, 0) is 31.2 Å². The molecule has 3 aromatic rings. The number of anilines is 1. The Morgan fingerprint density at radius 1 is 1.28 bits per heavy atom. The van der Waals surface area contributed by atoms with Gasteiger partial charge >= 0.3 is 0 Å². The van der Waals surface area contributed by atoms with E-state index in [1.54, 1.807) is 24.9 Å². The van der Waals surface area contributed by atoms with E-state index in [4.69, 9.17) is 4.74 Å². The summed E-state index contributed by atoms with van der Waals surface area (Å²) in [5.41, 5.74) is 0.917. The lowest BCUT2D eigenvalue weighted by atomic mass is 10.2. The van der Waals surface area contributed by atoms with Crippen molar-refractivity contribution in [3.8, 4) is 16.3 Å². The molecule has 8 nitrogen and oxygen atoms in total. The van der Waals surface area contributed by atoms with Gasteiger partial charge in [-0.15, -0.1) is 20.4 Å². The van der Waals surface area contributed by atoms with E-state index in [0.717, 1.165) is 16.3 Å². The number of nitrogens with one attached hydrogen (secondary N) is 1. The van der Waals surface area contributed by atoms with Gasteiger partial charge in [-0.1, -0.05) is 23.1 Å². The first-order chi connectivity index (χ1) is 12.1. The van der Waals surface area contributed by atoms with E-state index in [9.17, 15) is 4.79 Å². The van der Waals surface area contributed by atoms with Crippen molar-refractivity contribution >= 4 is 34.1 Å². The highest BCUT2D eigenvalue weighted by atomic mass is 32.2. The van der Waals surface area contributed by atoms with Crippen LogP contribution in [0.25, 0.3) is 10.6 Å². The molecule has 0 unspecified atom stereocenters. The standard InChI is InChI=1S/C15H16N6O2S2/c1-9(24-15-20-16-8-21(15)2)12(22)17-14-19-18-13(25-14)10-4-6-11(23-3)7-5-10/h4-9H,1-3H3,(H,17,19,22)/t9-/m1/s1.